The molecule has 3 nitrogen and oxygen atoms in total. The molecule has 0 N–H and O–H groups in total. The van der Waals surface area contributed by atoms with E-state index in [1.165, 1.54) is 0 Å². The third-order valence-electron chi connectivity index (χ3n) is 2.72. The Bertz CT molecular complexity index is 497. The monoisotopic (exact) mass is 389 g/mol. The molecule has 0 aromatic heterocycles. The summed E-state index contributed by atoms with van der Waals surface area (Å²) in [5.41, 5.74) is 0.781. The molecule has 0 unspecified atom stereocenters. The predicted octanol–water partition coefficient (Wildman–Crippen LogP) is 5.22. The van der Waals surface area contributed by atoms with Gasteiger partial charge >= 0.3 is 0 Å². The van der Waals surface area contributed by atoms with Gasteiger partial charge in [-0.15, -0.1) is 0 Å². The normalized spacial score (nSPS) is 11.1. The van der Waals surface area contributed by atoms with Crippen LogP contribution in [0, 0.1) is 0 Å². The lowest BCUT2D eigenvalue weighted by atomic mass is 10.1. The van der Waals surface area contributed by atoms with Crippen molar-refractivity contribution in [3.05, 3.63) is 34.3 Å². The fourth-order valence-corrected chi connectivity index (χ4v) is 2.99. The molecule has 0 bridgehead atoms. The molecule has 0 spiro atoms. The molecule has 1 aromatic carbocycles. The van der Waals surface area contributed by atoms with Gasteiger partial charge < -0.3 is 9.64 Å². The van der Waals surface area contributed by atoms with E-state index in [-0.39, 0.29) is 15.2 Å². The van der Waals surface area contributed by atoms with Crippen LogP contribution in [0.3, 0.4) is 0 Å². The lowest BCUT2D eigenvalue weighted by Gasteiger charge is -2.35. The Morgan fingerprint density at radius 1 is 1.33 bits per heavy atom. The Morgan fingerprint density at radius 2 is 1.90 bits per heavy atom. The summed E-state index contributed by atoms with van der Waals surface area (Å²) in [6.45, 7) is 8.88. The molecule has 116 valence electrons. The quantitative estimate of drug-likeness (QED) is 0.662. The van der Waals surface area contributed by atoms with E-state index in [2.05, 4.69) is 15.9 Å². The van der Waals surface area contributed by atoms with Crippen LogP contribution in [-0.2, 0) is 11.3 Å². The third kappa shape index (κ3) is 6.36. The number of rotatable bonds is 3. The summed E-state index contributed by atoms with van der Waals surface area (Å²) < 4.78 is 6.47. The SMILES string of the molecule is CCOC(=S)SC(=O)N(Cc1ccc(Br)cc1)C(C)(C)C. The molecule has 0 aliphatic heterocycles. The van der Waals surface area contributed by atoms with Gasteiger partial charge in [0.2, 0.25) is 4.38 Å². The zero-order valence-electron chi connectivity index (χ0n) is 12.7. The smallest absolute Gasteiger partial charge is 0.290 e. The highest BCUT2D eigenvalue weighted by Crippen LogP contribution is 2.24. The number of nitrogens with zero attached hydrogens (tertiary/aromatic N) is 1. The third-order valence-corrected chi connectivity index (χ3v) is 4.29. The van der Waals surface area contributed by atoms with Crippen LogP contribution in [0.5, 0.6) is 0 Å². The average Bonchev–Trinajstić information content (AvgIpc) is 2.36. The molecule has 1 amide bonds. The molecule has 0 saturated carbocycles. The molecule has 0 atom stereocenters. The zero-order valence-corrected chi connectivity index (χ0v) is 15.9. The second-order valence-corrected chi connectivity index (χ2v) is 7.90. The molecule has 0 fully saturated rings. The van der Waals surface area contributed by atoms with E-state index < -0.39 is 0 Å². The minimum atomic E-state index is -0.293. The first-order valence-electron chi connectivity index (χ1n) is 6.64. The molecule has 0 radical (unpaired) electrons. The summed E-state index contributed by atoms with van der Waals surface area (Å²) in [4.78, 5) is 14.3. The molecular formula is C15H20BrNO2S2. The van der Waals surface area contributed by atoms with Gasteiger partial charge in [0.1, 0.15) is 0 Å². The zero-order chi connectivity index (χ0) is 16.0. The van der Waals surface area contributed by atoms with E-state index in [0.29, 0.717) is 13.2 Å². The molecule has 1 aromatic rings. The highest BCUT2D eigenvalue weighted by Gasteiger charge is 2.28. The molecule has 6 heteroatoms. The summed E-state index contributed by atoms with van der Waals surface area (Å²) in [6, 6.07) is 7.94. The van der Waals surface area contributed by atoms with Gasteiger partial charge in [0.15, 0.2) is 0 Å². The minimum absolute atomic E-state index is 0.0936. The van der Waals surface area contributed by atoms with Gasteiger partial charge in [0, 0.05) is 28.3 Å². The van der Waals surface area contributed by atoms with Gasteiger partial charge in [0.05, 0.1) is 6.61 Å². The van der Waals surface area contributed by atoms with Crippen LogP contribution in [-0.4, -0.2) is 26.7 Å². The molecule has 1 rings (SSSR count). The summed E-state index contributed by atoms with van der Waals surface area (Å²) in [5, 5.41) is -0.0936. The van der Waals surface area contributed by atoms with E-state index >= 15 is 0 Å². The van der Waals surface area contributed by atoms with Gasteiger partial charge in [-0.05, 0) is 57.6 Å². The predicted molar refractivity (Wildman–Crippen MR) is 96.6 cm³/mol. The number of carbonyl (C=O) groups is 1. The van der Waals surface area contributed by atoms with Crippen molar-refractivity contribution in [2.45, 2.75) is 39.8 Å². The first-order chi connectivity index (χ1) is 9.74. The summed E-state index contributed by atoms with van der Waals surface area (Å²) in [5.74, 6) is 0. The molecule has 21 heavy (non-hydrogen) atoms. The van der Waals surface area contributed by atoms with Crippen molar-refractivity contribution in [2.75, 3.05) is 6.61 Å². The number of hydrogen-bond acceptors (Lipinski definition) is 4. The minimum Gasteiger partial charge on any atom is -0.479 e. The van der Waals surface area contributed by atoms with Crippen molar-refractivity contribution in [3.63, 3.8) is 0 Å². The van der Waals surface area contributed by atoms with Crippen LogP contribution in [0.15, 0.2) is 28.7 Å². The lowest BCUT2D eigenvalue weighted by Crippen LogP contribution is -2.43. The van der Waals surface area contributed by atoms with Crippen LogP contribution in [0.2, 0.25) is 0 Å². The lowest BCUT2D eigenvalue weighted by molar-refractivity contribution is 0.162. The van der Waals surface area contributed by atoms with Crippen molar-refractivity contribution in [1.82, 2.24) is 4.90 Å². The van der Waals surface area contributed by atoms with Crippen molar-refractivity contribution >= 4 is 49.5 Å². The van der Waals surface area contributed by atoms with E-state index in [0.717, 1.165) is 21.8 Å². The highest BCUT2D eigenvalue weighted by molar-refractivity contribution is 9.10. The standard InChI is InChI=1S/C15H20BrNO2S2/c1-5-19-14(20)21-13(18)17(15(2,3)4)10-11-6-8-12(16)9-7-11/h6-9H,5,10H2,1-4H3. The number of halogens is 1. The van der Waals surface area contributed by atoms with Crippen LogP contribution in [0.25, 0.3) is 0 Å². The number of carbonyl (C=O) groups excluding carboxylic acids is 1. The Labute approximate surface area is 144 Å². The van der Waals surface area contributed by atoms with Crippen molar-refractivity contribution in [1.29, 1.82) is 0 Å². The Hall–Kier alpha value is -0.590. The van der Waals surface area contributed by atoms with Gasteiger partial charge in [-0.25, -0.2) is 0 Å². The first-order valence-corrected chi connectivity index (χ1v) is 8.66. The maximum Gasteiger partial charge on any atom is 0.290 e. The van der Waals surface area contributed by atoms with E-state index in [1.54, 1.807) is 4.90 Å². The van der Waals surface area contributed by atoms with Crippen LogP contribution in [0.4, 0.5) is 4.79 Å². The fourth-order valence-electron chi connectivity index (χ4n) is 1.62. The summed E-state index contributed by atoms with van der Waals surface area (Å²) in [7, 11) is 0. The van der Waals surface area contributed by atoms with E-state index in [4.69, 9.17) is 17.0 Å². The number of thiocarbonyl (C=S) groups is 1. The van der Waals surface area contributed by atoms with E-state index in [9.17, 15) is 4.79 Å². The Kier molecular flexibility index (Phi) is 7.16. The van der Waals surface area contributed by atoms with Gasteiger partial charge in [0.25, 0.3) is 5.24 Å². The van der Waals surface area contributed by atoms with Crippen LogP contribution in [0.1, 0.15) is 33.3 Å². The van der Waals surface area contributed by atoms with Crippen molar-refractivity contribution in [3.8, 4) is 0 Å². The maximum absolute atomic E-state index is 12.5. The number of benzene rings is 1. The number of amides is 1. The number of hydrogen-bond donors (Lipinski definition) is 0. The molecular weight excluding hydrogens is 370 g/mol. The highest BCUT2D eigenvalue weighted by atomic mass is 79.9. The van der Waals surface area contributed by atoms with Gasteiger partial charge in [-0.2, -0.15) is 0 Å². The second kappa shape index (κ2) is 8.15. The average molecular weight is 390 g/mol. The van der Waals surface area contributed by atoms with Crippen LogP contribution >= 0.6 is 39.9 Å². The topological polar surface area (TPSA) is 29.5 Å². The Balaban J connectivity index is 2.83. The molecule has 0 heterocycles. The largest absolute Gasteiger partial charge is 0.479 e. The van der Waals surface area contributed by atoms with Crippen molar-refractivity contribution < 1.29 is 9.53 Å². The van der Waals surface area contributed by atoms with Gasteiger partial charge in [-0.1, -0.05) is 28.1 Å². The fraction of sp³-hybridized carbons (Fsp3) is 0.467. The molecule has 0 aliphatic rings. The first kappa shape index (κ1) is 18.5. The maximum atomic E-state index is 12.5. The number of thioether (sulfide) groups is 1. The second-order valence-electron chi connectivity index (χ2n) is 5.43. The molecule has 0 saturated heterocycles. The summed E-state index contributed by atoms with van der Waals surface area (Å²) in [6.07, 6.45) is 0. The van der Waals surface area contributed by atoms with Crippen molar-refractivity contribution in [2.24, 2.45) is 0 Å². The Morgan fingerprint density at radius 3 is 2.38 bits per heavy atom. The van der Waals surface area contributed by atoms with E-state index in [1.807, 2.05) is 52.0 Å². The summed E-state index contributed by atoms with van der Waals surface area (Å²) >= 11 is 9.42. The van der Waals surface area contributed by atoms with Gasteiger partial charge in [-0.3, -0.25) is 4.79 Å². The number of ether oxygens (including phenoxy) is 1. The molecule has 0 aliphatic carbocycles. The van der Waals surface area contributed by atoms with Crippen LogP contribution < -0.4 is 0 Å².